The number of nitrogens with one attached hydrogen (secondary N) is 1. The molecule has 0 aliphatic carbocycles. The largest absolute Gasteiger partial charge is 0.490 e. The second-order valence-corrected chi connectivity index (χ2v) is 10.2. The summed E-state index contributed by atoms with van der Waals surface area (Å²) in [5.41, 5.74) is -0.188. The van der Waals surface area contributed by atoms with Crippen molar-refractivity contribution in [1.29, 1.82) is 0 Å². The van der Waals surface area contributed by atoms with Crippen molar-refractivity contribution in [3.8, 4) is 11.5 Å². The van der Waals surface area contributed by atoms with Crippen molar-refractivity contribution in [2.24, 2.45) is 0 Å². The lowest BCUT2D eigenvalue weighted by atomic mass is 10.1. The number of hydrogen-bond acceptors (Lipinski definition) is 7. The van der Waals surface area contributed by atoms with Crippen LogP contribution in [0, 0.1) is 0 Å². The van der Waals surface area contributed by atoms with Crippen molar-refractivity contribution >= 4 is 51.9 Å². The van der Waals surface area contributed by atoms with Crippen molar-refractivity contribution in [2.45, 2.75) is 32.0 Å². The molecule has 2 saturated heterocycles. The molecular formula is C26H25F3N2O5S2. The quantitative estimate of drug-likeness (QED) is 0.317. The molecule has 2 aliphatic rings. The van der Waals surface area contributed by atoms with Gasteiger partial charge >= 0.3 is 6.18 Å². The van der Waals surface area contributed by atoms with Crippen LogP contribution >= 0.6 is 24.0 Å². The van der Waals surface area contributed by atoms with Crippen molar-refractivity contribution in [1.82, 2.24) is 4.90 Å². The molecule has 2 aromatic carbocycles. The molecule has 0 bridgehead atoms. The molecule has 38 heavy (non-hydrogen) atoms. The van der Waals surface area contributed by atoms with Crippen LogP contribution in [0.1, 0.15) is 30.9 Å². The molecule has 0 radical (unpaired) electrons. The van der Waals surface area contributed by atoms with Crippen LogP contribution < -0.4 is 14.8 Å². The third-order valence-corrected chi connectivity index (χ3v) is 7.06. The summed E-state index contributed by atoms with van der Waals surface area (Å²) in [4.78, 5) is 27.3. The average molecular weight is 567 g/mol. The fourth-order valence-corrected chi connectivity index (χ4v) is 5.19. The highest BCUT2D eigenvalue weighted by Gasteiger charge is 2.34. The lowest BCUT2D eigenvalue weighted by Crippen LogP contribution is -2.35. The molecule has 0 aromatic heterocycles. The first-order chi connectivity index (χ1) is 18.1. The van der Waals surface area contributed by atoms with Crippen LogP contribution in [0.5, 0.6) is 11.5 Å². The zero-order chi connectivity index (χ0) is 27.3. The van der Waals surface area contributed by atoms with Crippen LogP contribution in [0.2, 0.25) is 0 Å². The second kappa shape index (κ2) is 12.2. The van der Waals surface area contributed by atoms with Crippen LogP contribution in [0.4, 0.5) is 18.9 Å². The van der Waals surface area contributed by atoms with E-state index in [0.29, 0.717) is 40.3 Å². The topological polar surface area (TPSA) is 77.1 Å². The molecule has 2 aromatic rings. The summed E-state index contributed by atoms with van der Waals surface area (Å²) in [6, 6.07) is 9.32. The van der Waals surface area contributed by atoms with Gasteiger partial charge in [0.1, 0.15) is 4.32 Å². The number of anilines is 1. The maximum absolute atomic E-state index is 12.9. The highest BCUT2D eigenvalue weighted by atomic mass is 32.2. The van der Waals surface area contributed by atoms with Gasteiger partial charge in [0.15, 0.2) is 18.1 Å². The van der Waals surface area contributed by atoms with Gasteiger partial charge in [-0.15, -0.1) is 0 Å². The Morgan fingerprint density at radius 3 is 2.76 bits per heavy atom. The monoisotopic (exact) mass is 566 g/mol. The number of rotatable bonds is 9. The van der Waals surface area contributed by atoms with Gasteiger partial charge in [-0.3, -0.25) is 14.5 Å². The van der Waals surface area contributed by atoms with Gasteiger partial charge in [-0.1, -0.05) is 36.1 Å². The Morgan fingerprint density at radius 2 is 2.05 bits per heavy atom. The summed E-state index contributed by atoms with van der Waals surface area (Å²) < 4.78 is 56.1. The minimum atomic E-state index is -4.52. The highest BCUT2D eigenvalue weighted by Crippen LogP contribution is 2.36. The Labute approximate surface area is 227 Å². The van der Waals surface area contributed by atoms with Gasteiger partial charge in [0.2, 0.25) is 0 Å². The summed E-state index contributed by atoms with van der Waals surface area (Å²) in [6.07, 6.45) is -0.954. The van der Waals surface area contributed by atoms with E-state index in [-0.39, 0.29) is 23.4 Å². The smallest absolute Gasteiger partial charge is 0.416 e. The van der Waals surface area contributed by atoms with E-state index in [0.717, 1.165) is 25.0 Å². The molecule has 0 saturated carbocycles. The Bertz CT molecular complexity index is 1250. The molecule has 4 rings (SSSR count). The minimum absolute atomic E-state index is 0.00520. The van der Waals surface area contributed by atoms with Gasteiger partial charge < -0.3 is 19.5 Å². The summed E-state index contributed by atoms with van der Waals surface area (Å²) in [6.45, 7) is 2.78. The van der Waals surface area contributed by atoms with Crippen molar-refractivity contribution in [3.63, 3.8) is 0 Å². The van der Waals surface area contributed by atoms with Crippen LogP contribution in [-0.4, -0.2) is 53.5 Å². The number of alkyl halides is 3. The number of halogens is 3. The van der Waals surface area contributed by atoms with Gasteiger partial charge in [-0.2, -0.15) is 13.2 Å². The molecule has 1 N–H and O–H groups in total. The molecule has 0 unspecified atom stereocenters. The van der Waals surface area contributed by atoms with Gasteiger partial charge in [0, 0.05) is 12.3 Å². The van der Waals surface area contributed by atoms with E-state index < -0.39 is 24.3 Å². The standard InChI is InChI=1S/C26H25F3N2O5S2/c1-2-34-21-11-16(12-22-24(33)31(25(37)38-22)14-19-7-4-10-35-19)8-9-20(21)36-15-23(32)30-18-6-3-5-17(13-18)26(27,28)29/h3,5-6,8-9,11-13,19H,2,4,7,10,14-15H2,1H3,(H,30,32)/b22-12-/t19-/m1/s1. The molecule has 1 atom stereocenters. The van der Waals surface area contributed by atoms with E-state index in [1.54, 1.807) is 36.1 Å². The Morgan fingerprint density at radius 1 is 1.24 bits per heavy atom. The number of hydrogen-bond donors (Lipinski definition) is 1. The highest BCUT2D eigenvalue weighted by molar-refractivity contribution is 8.26. The predicted octanol–water partition coefficient (Wildman–Crippen LogP) is 5.50. The van der Waals surface area contributed by atoms with Crippen LogP contribution in [0.15, 0.2) is 47.4 Å². The lowest BCUT2D eigenvalue weighted by Gasteiger charge is -2.18. The molecule has 202 valence electrons. The molecule has 12 heteroatoms. The lowest BCUT2D eigenvalue weighted by molar-refractivity contribution is -0.137. The first-order valence-electron chi connectivity index (χ1n) is 11.9. The normalized spacial score (nSPS) is 18.8. The van der Waals surface area contributed by atoms with Gasteiger partial charge in [-0.05, 0) is 61.7 Å². The van der Waals surface area contributed by atoms with Crippen molar-refractivity contribution in [2.75, 3.05) is 31.7 Å². The van der Waals surface area contributed by atoms with Gasteiger partial charge in [0.25, 0.3) is 11.8 Å². The summed E-state index contributed by atoms with van der Waals surface area (Å²) in [7, 11) is 0. The summed E-state index contributed by atoms with van der Waals surface area (Å²) in [5, 5.41) is 2.39. The maximum atomic E-state index is 12.9. The molecule has 2 heterocycles. The summed E-state index contributed by atoms with van der Waals surface area (Å²) >= 11 is 6.62. The second-order valence-electron chi connectivity index (χ2n) is 8.48. The van der Waals surface area contributed by atoms with E-state index in [9.17, 15) is 22.8 Å². The van der Waals surface area contributed by atoms with Crippen LogP contribution in [-0.2, 0) is 20.5 Å². The van der Waals surface area contributed by atoms with Crippen LogP contribution in [0.25, 0.3) is 6.08 Å². The third-order valence-electron chi connectivity index (χ3n) is 5.68. The van der Waals surface area contributed by atoms with E-state index in [1.165, 1.54) is 23.9 Å². The number of amides is 2. The molecule has 2 aliphatic heterocycles. The third kappa shape index (κ3) is 7.06. The van der Waals surface area contributed by atoms with Crippen molar-refractivity contribution in [3.05, 3.63) is 58.5 Å². The fraction of sp³-hybridized carbons (Fsp3) is 0.346. The fourth-order valence-electron chi connectivity index (χ4n) is 3.92. The number of carbonyl (C=O) groups is 2. The maximum Gasteiger partial charge on any atom is 0.416 e. The SMILES string of the molecule is CCOc1cc(/C=C2\SC(=S)N(C[C@H]3CCCO3)C2=O)ccc1OCC(=O)Nc1cccc(C(F)(F)F)c1. The van der Waals surface area contributed by atoms with E-state index >= 15 is 0 Å². The van der Waals surface area contributed by atoms with E-state index in [4.69, 9.17) is 26.4 Å². The Balaban J connectivity index is 1.41. The van der Waals surface area contributed by atoms with Gasteiger partial charge in [0.05, 0.1) is 29.7 Å². The number of carbonyl (C=O) groups excluding carboxylic acids is 2. The molecule has 0 spiro atoms. The molecular weight excluding hydrogens is 541 g/mol. The molecule has 2 amide bonds. The van der Waals surface area contributed by atoms with E-state index in [2.05, 4.69) is 5.32 Å². The van der Waals surface area contributed by atoms with Gasteiger partial charge in [-0.25, -0.2) is 0 Å². The number of thiocarbonyl (C=S) groups is 1. The first kappa shape index (κ1) is 27.9. The Hall–Kier alpha value is -3.09. The zero-order valence-corrected chi connectivity index (χ0v) is 22.0. The number of thioether (sulfide) groups is 1. The van der Waals surface area contributed by atoms with Crippen molar-refractivity contribution < 1.29 is 37.0 Å². The predicted molar refractivity (Wildman–Crippen MR) is 142 cm³/mol. The molecule has 2 fully saturated rings. The van der Waals surface area contributed by atoms with E-state index in [1.807, 2.05) is 0 Å². The number of benzene rings is 2. The van der Waals surface area contributed by atoms with Crippen LogP contribution in [0.3, 0.4) is 0 Å². The first-order valence-corrected chi connectivity index (χ1v) is 13.1. The summed E-state index contributed by atoms with van der Waals surface area (Å²) in [5.74, 6) is -0.192. The average Bonchev–Trinajstić information content (AvgIpc) is 3.47. The molecule has 7 nitrogen and oxygen atoms in total. The number of ether oxygens (including phenoxy) is 3. The number of nitrogens with zero attached hydrogens (tertiary/aromatic N) is 1. The minimum Gasteiger partial charge on any atom is -0.490 e. The Kier molecular flexibility index (Phi) is 8.95. The zero-order valence-electron chi connectivity index (χ0n) is 20.4.